The molecule has 0 aliphatic carbocycles. The number of nitrogens with one attached hydrogen (secondary N) is 1. The number of methoxy groups -OCH3 is 1. The van der Waals surface area contributed by atoms with Gasteiger partial charge in [-0.2, -0.15) is 0 Å². The number of hydrogen-bond acceptors (Lipinski definition) is 3. The third-order valence-corrected chi connectivity index (χ3v) is 2.05. The fourth-order valence-electron chi connectivity index (χ4n) is 0.682. The molecule has 1 atom stereocenters. The smallest absolute Gasteiger partial charge is 0.0474 e. The van der Waals surface area contributed by atoms with Crippen molar-refractivity contribution in [3.63, 3.8) is 0 Å². The van der Waals surface area contributed by atoms with E-state index in [-0.39, 0.29) is 0 Å². The second-order valence-electron chi connectivity index (χ2n) is 2.37. The molecule has 0 amide bonds. The van der Waals surface area contributed by atoms with Crippen molar-refractivity contribution < 1.29 is 8.95 Å². The third kappa shape index (κ3) is 10.1. The van der Waals surface area contributed by atoms with Gasteiger partial charge in [-0.1, -0.05) is 0 Å². The predicted molar refractivity (Wildman–Crippen MR) is 48.3 cm³/mol. The Morgan fingerprint density at radius 2 is 2.18 bits per heavy atom. The highest BCUT2D eigenvalue weighted by Crippen LogP contribution is 1.77. The molecule has 1 unspecified atom stereocenters. The topological polar surface area (TPSA) is 38.3 Å². The molecule has 0 saturated carbocycles. The van der Waals surface area contributed by atoms with Crippen LogP contribution >= 0.6 is 0 Å². The van der Waals surface area contributed by atoms with E-state index in [9.17, 15) is 4.21 Å². The Bertz CT molecular complexity index is 109. The molecule has 0 heterocycles. The van der Waals surface area contributed by atoms with E-state index in [1.807, 2.05) is 0 Å². The minimum Gasteiger partial charge on any atom is -0.385 e. The summed E-state index contributed by atoms with van der Waals surface area (Å²) >= 11 is 0. The van der Waals surface area contributed by atoms with Gasteiger partial charge in [-0.05, 0) is 13.0 Å². The highest BCUT2D eigenvalue weighted by Gasteiger charge is 1.90. The predicted octanol–water partition coefficient (Wildman–Crippen LogP) is -0.00900. The van der Waals surface area contributed by atoms with Gasteiger partial charge in [-0.25, -0.2) is 0 Å². The summed E-state index contributed by atoms with van der Waals surface area (Å²) in [7, 11) is 1.03. The Morgan fingerprint density at radius 3 is 2.73 bits per heavy atom. The van der Waals surface area contributed by atoms with Crippen LogP contribution in [0.2, 0.25) is 0 Å². The van der Waals surface area contributed by atoms with Gasteiger partial charge in [-0.3, -0.25) is 4.21 Å². The van der Waals surface area contributed by atoms with Crippen molar-refractivity contribution in [3.8, 4) is 0 Å². The molecule has 0 rings (SSSR count). The summed E-state index contributed by atoms with van der Waals surface area (Å²) < 4.78 is 15.4. The summed E-state index contributed by atoms with van der Waals surface area (Å²) in [6.45, 7) is 2.58. The number of rotatable bonds is 7. The van der Waals surface area contributed by atoms with Gasteiger partial charge >= 0.3 is 0 Å². The molecular formula is C7H17NO2S. The van der Waals surface area contributed by atoms with E-state index in [0.29, 0.717) is 0 Å². The first-order valence-corrected chi connectivity index (χ1v) is 5.49. The lowest BCUT2D eigenvalue weighted by Crippen LogP contribution is -2.22. The van der Waals surface area contributed by atoms with Crippen molar-refractivity contribution in [1.82, 2.24) is 5.32 Å². The second kappa shape index (κ2) is 8.17. The summed E-state index contributed by atoms with van der Waals surface area (Å²) in [4.78, 5) is 0. The van der Waals surface area contributed by atoms with Gasteiger partial charge < -0.3 is 10.1 Å². The SMILES string of the molecule is COCCCNCCS(C)=O. The van der Waals surface area contributed by atoms with Crippen LogP contribution in [0.4, 0.5) is 0 Å². The molecular weight excluding hydrogens is 162 g/mol. The van der Waals surface area contributed by atoms with Crippen LogP contribution in [0.5, 0.6) is 0 Å². The van der Waals surface area contributed by atoms with Crippen LogP contribution in [0.1, 0.15) is 6.42 Å². The van der Waals surface area contributed by atoms with Crippen LogP contribution in [0, 0.1) is 0 Å². The molecule has 11 heavy (non-hydrogen) atoms. The lowest BCUT2D eigenvalue weighted by molar-refractivity contribution is 0.194. The van der Waals surface area contributed by atoms with Crippen molar-refractivity contribution in [3.05, 3.63) is 0 Å². The van der Waals surface area contributed by atoms with Gasteiger partial charge in [-0.15, -0.1) is 0 Å². The summed E-state index contributed by atoms with van der Waals surface area (Å²) in [5.41, 5.74) is 0. The van der Waals surface area contributed by atoms with E-state index in [0.717, 1.165) is 31.9 Å². The molecule has 0 bridgehead atoms. The maximum absolute atomic E-state index is 10.6. The zero-order valence-corrected chi connectivity index (χ0v) is 8.08. The van der Waals surface area contributed by atoms with Gasteiger partial charge in [0, 0.05) is 43.1 Å². The Hall–Kier alpha value is 0.0700. The average molecular weight is 179 g/mol. The highest BCUT2D eigenvalue weighted by molar-refractivity contribution is 7.84. The molecule has 0 aromatic heterocycles. The normalized spacial score (nSPS) is 13.3. The molecule has 3 nitrogen and oxygen atoms in total. The van der Waals surface area contributed by atoms with Gasteiger partial charge in [0.1, 0.15) is 0 Å². The van der Waals surface area contributed by atoms with Crippen molar-refractivity contribution in [2.75, 3.05) is 38.8 Å². The van der Waals surface area contributed by atoms with Crippen LogP contribution in [0.25, 0.3) is 0 Å². The summed E-state index contributed by atoms with van der Waals surface area (Å²) in [6, 6.07) is 0. The maximum atomic E-state index is 10.6. The average Bonchev–Trinajstić information content (AvgIpc) is 1.96. The van der Waals surface area contributed by atoms with Crippen LogP contribution in [0.3, 0.4) is 0 Å². The zero-order chi connectivity index (χ0) is 8.53. The van der Waals surface area contributed by atoms with E-state index < -0.39 is 10.8 Å². The quantitative estimate of drug-likeness (QED) is 0.559. The molecule has 68 valence electrons. The van der Waals surface area contributed by atoms with Gasteiger partial charge in [0.05, 0.1) is 0 Å². The first-order chi connectivity index (χ1) is 5.27. The van der Waals surface area contributed by atoms with Crippen molar-refractivity contribution in [1.29, 1.82) is 0 Å². The van der Waals surface area contributed by atoms with Crippen molar-refractivity contribution in [2.45, 2.75) is 6.42 Å². The molecule has 0 saturated heterocycles. The van der Waals surface area contributed by atoms with Gasteiger partial charge in [0.2, 0.25) is 0 Å². The fraction of sp³-hybridized carbons (Fsp3) is 1.00. The van der Waals surface area contributed by atoms with Crippen LogP contribution in [-0.2, 0) is 15.5 Å². The molecule has 4 heteroatoms. The van der Waals surface area contributed by atoms with Crippen LogP contribution in [-0.4, -0.2) is 43.0 Å². The summed E-state index contributed by atoms with van der Waals surface area (Å²) in [5.74, 6) is 0.743. The standard InChI is InChI=1S/C7H17NO2S/c1-10-6-3-4-8-5-7-11(2)9/h8H,3-7H2,1-2H3. The number of hydrogen-bond donors (Lipinski definition) is 1. The van der Waals surface area contributed by atoms with Crippen LogP contribution in [0.15, 0.2) is 0 Å². The van der Waals surface area contributed by atoms with E-state index in [4.69, 9.17) is 4.74 Å². The summed E-state index contributed by atoms with van der Waals surface area (Å²) in [5, 5.41) is 3.18. The van der Waals surface area contributed by atoms with Crippen molar-refractivity contribution in [2.24, 2.45) is 0 Å². The van der Waals surface area contributed by atoms with Crippen LogP contribution < -0.4 is 5.32 Å². The molecule has 0 spiro atoms. The van der Waals surface area contributed by atoms with Gasteiger partial charge in [0.15, 0.2) is 0 Å². The molecule has 0 aromatic carbocycles. The minimum absolute atomic E-state index is 0.667. The lowest BCUT2D eigenvalue weighted by Gasteiger charge is -2.01. The van der Waals surface area contributed by atoms with E-state index >= 15 is 0 Å². The Kier molecular flexibility index (Phi) is 8.22. The zero-order valence-electron chi connectivity index (χ0n) is 7.26. The number of ether oxygens (including phenoxy) is 1. The van der Waals surface area contributed by atoms with Crippen molar-refractivity contribution >= 4 is 10.8 Å². The second-order valence-corrected chi connectivity index (χ2v) is 3.93. The Labute approximate surface area is 71.0 Å². The largest absolute Gasteiger partial charge is 0.385 e. The van der Waals surface area contributed by atoms with E-state index in [1.54, 1.807) is 13.4 Å². The highest BCUT2D eigenvalue weighted by atomic mass is 32.2. The van der Waals surface area contributed by atoms with E-state index in [2.05, 4.69) is 5.32 Å². The minimum atomic E-state index is -0.667. The lowest BCUT2D eigenvalue weighted by atomic mass is 10.4. The first-order valence-electron chi connectivity index (χ1n) is 3.77. The Balaban J connectivity index is 2.85. The molecule has 0 fully saturated rings. The maximum Gasteiger partial charge on any atom is 0.0474 e. The molecule has 0 aliphatic rings. The molecule has 1 N–H and O–H groups in total. The molecule has 0 aromatic rings. The first kappa shape index (κ1) is 11.1. The molecule has 0 aliphatic heterocycles. The monoisotopic (exact) mass is 179 g/mol. The summed E-state index contributed by atoms with van der Waals surface area (Å²) in [6.07, 6.45) is 2.74. The Morgan fingerprint density at radius 1 is 1.45 bits per heavy atom. The van der Waals surface area contributed by atoms with Gasteiger partial charge in [0.25, 0.3) is 0 Å². The van der Waals surface area contributed by atoms with E-state index in [1.165, 1.54) is 0 Å². The third-order valence-electron chi connectivity index (χ3n) is 1.27. The fourth-order valence-corrected chi connectivity index (χ4v) is 1.11. The molecule has 0 radical (unpaired) electrons.